The van der Waals surface area contributed by atoms with Crippen LogP contribution < -0.4 is 20.1 Å². The zero-order chi connectivity index (χ0) is 23.8. The van der Waals surface area contributed by atoms with E-state index in [-0.39, 0.29) is 22.7 Å². The van der Waals surface area contributed by atoms with E-state index in [0.717, 1.165) is 40.1 Å². The number of ether oxygens (including phenoxy) is 1. The third-order valence-corrected chi connectivity index (χ3v) is 6.14. The van der Waals surface area contributed by atoms with Gasteiger partial charge in [-0.2, -0.15) is 4.98 Å². The number of nitrogens with one attached hydrogen (secondary N) is 1. The van der Waals surface area contributed by atoms with Crippen LogP contribution in [0.4, 0.5) is 17.5 Å². The molecular formula is C22H25ClN6O3S. The van der Waals surface area contributed by atoms with Crippen LogP contribution in [-0.2, 0) is 16.6 Å². The maximum absolute atomic E-state index is 11.7. The lowest BCUT2D eigenvalue weighted by molar-refractivity contribution is 0.331. The van der Waals surface area contributed by atoms with Crippen LogP contribution in [-0.4, -0.2) is 42.8 Å². The number of aromatic nitrogens is 3. The number of benzene rings is 1. The Bertz CT molecular complexity index is 1300. The van der Waals surface area contributed by atoms with Gasteiger partial charge in [0.25, 0.3) is 0 Å². The van der Waals surface area contributed by atoms with Gasteiger partial charge in [-0.3, -0.25) is 4.72 Å². The van der Waals surface area contributed by atoms with E-state index in [2.05, 4.69) is 38.4 Å². The molecule has 3 heterocycles. The number of hydrogen-bond donors (Lipinski definition) is 2. The third-order valence-electron chi connectivity index (χ3n) is 5.24. The molecule has 1 aromatic carbocycles. The van der Waals surface area contributed by atoms with Crippen molar-refractivity contribution in [3.63, 3.8) is 0 Å². The van der Waals surface area contributed by atoms with Crippen molar-refractivity contribution in [1.82, 2.24) is 15.0 Å². The van der Waals surface area contributed by atoms with E-state index >= 15 is 0 Å². The molecule has 0 saturated carbocycles. The Morgan fingerprint density at radius 1 is 1.18 bits per heavy atom. The van der Waals surface area contributed by atoms with Crippen LogP contribution in [0.2, 0.25) is 5.15 Å². The number of nitrogen functional groups attached to an aromatic ring is 1. The Kier molecular flexibility index (Phi) is 6.31. The highest BCUT2D eigenvalue weighted by molar-refractivity contribution is 7.92. The summed E-state index contributed by atoms with van der Waals surface area (Å²) in [7, 11) is -3.49. The second-order valence-electron chi connectivity index (χ2n) is 8.19. The molecule has 0 amide bonds. The Labute approximate surface area is 198 Å². The van der Waals surface area contributed by atoms with Gasteiger partial charge in [0.15, 0.2) is 5.15 Å². The maximum atomic E-state index is 11.7. The van der Waals surface area contributed by atoms with Gasteiger partial charge in [-0.15, -0.1) is 0 Å². The Balaban J connectivity index is 1.71. The number of anilines is 3. The van der Waals surface area contributed by atoms with Crippen LogP contribution in [0.3, 0.4) is 0 Å². The monoisotopic (exact) mass is 488 g/mol. The standard InChI is InChI=1S/C22H25ClN6O3S/c1-13(2)17-11-26-22(24)27-21(17)29-6-7-32-19-5-4-14(8-16(19)12-29)15-9-18(20(23)25-10-15)28-33(3,30)31/h4-5,8-11,13,28H,6-7,12H2,1-3H3,(H2,24,26,27). The van der Waals surface area contributed by atoms with E-state index in [1.807, 2.05) is 18.2 Å². The van der Waals surface area contributed by atoms with Crippen molar-refractivity contribution in [1.29, 1.82) is 0 Å². The second-order valence-corrected chi connectivity index (χ2v) is 10.3. The van der Waals surface area contributed by atoms with E-state index in [1.54, 1.807) is 18.5 Å². The van der Waals surface area contributed by atoms with Crippen molar-refractivity contribution in [2.24, 2.45) is 0 Å². The summed E-state index contributed by atoms with van der Waals surface area (Å²) < 4.78 is 31.7. The summed E-state index contributed by atoms with van der Waals surface area (Å²) in [5.41, 5.74) is 9.67. The first kappa shape index (κ1) is 23.1. The third kappa shape index (κ3) is 5.28. The Morgan fingerprint density at radius 3 is 2.70 bits per heavy atom. The van der Waals surface area contributed by atoms with Gasteiger partial charge >= 0.3 is 0 Å². The predicted octanol–water partition coefficient (Wildman–Crippen LogP) is 3.67. The highest BCUT2D eigenvalue weighted by Crippen LogP contribution is 2.34. The minimum atomic E-state index is -3.49. The van der Waals surface area contributed by atoms with Crippen molar-refractivity contribution in [2.75, 3.05) is 34.8 Å². The van der Waals surface area contributed by atoms with Gasteiger partial charge in [0, 0.05) is 35.6 Å². The molecule has 0 radical (unpaired) electrons. The fourth-order valence-electron chi connectivity index (χ4n) is 3.69. The fourth-order valence-corrected chi connectivity index (χ4v) is 4.45. The predicted molar refractivity (Wildman–Crippen MR) is 130 cm³/mol. The molecule has 0 spiro atoms. The summed E-state index contributed by atoms with van der Waals surface area (Å²) in [6.07, 6.45) is 4.45. The topological polar surface area (TPSA) is 123 Å². The quantitative estimate of drug-likeness (QED) is 0.521. The van der Waals surface area contributed by atoms with Crippen molar-refractivity contribution in [3.05, 3.63) is 52.9 Å². The summed E-state index contributed by atoms with van der Waals surface area (Å²) >= 11 is 6.08. The first-order valence-corrected chi connectivity index (χ1v) is 12.6. The van der Waals surface area contributed by atoms with Gasteiger partial charge in [0.2, 0.25) is 16.0 Å². The normalized spacial score (nSPS) is 13.9. The van der Waals surface area contributed by atoms with Crippen molar-refractivity contribution in [3.8, 4) is 16.9 Å². The molecule has 0 bridgehead atoms. The minimum Gasteiger partial charge on any atom is -0.491 e. The van der Waals surface area contributed by atoms with Crippen LogP contribution in [0.1, 0.15) is 30.9 Å². The minimum absolute atomic E-state index is 0.0796. The van der Waals surface area contributed by atoms with E-state index in [1.165, 1.54) is 0 Å². The zero-order valence-corrected chi connectivity index (χ0v) is 20.1. The number of sulfonamides is 1. The molecule has 0 fully saturated rings. The van der Waals surface area contributed by atoms with Crippen LogP contribution in [0, 0.1) is 0 Å². The number of hydrogen-bond acceptors (Lipinski definition) is 8. The molecule has 4 rings (SSSR count). The van der Waals surface area contributed by atoms with Gasteiger partial charge in [0.1, 0.15) is 18.2 Å². The number of pyridine rings is 1. The van der Waals surface area contributed by atoms with Crippen LogP contribution in [0.25, 0.3) is 11.1 Å². The van der Waals surface area contributed by atoms with E-state index < -0.39 is 10.0 Å². The number of fused-ring (bicyclic) bond motifs is 1. The lowest BCUT2D eigenvalue weighted by Gasteiger charge is -2.25. The molecule has 33 heavy (non-hydrogen) atoms. The van der Waals surface area contributed by atoms with E-state index in [0.29, 0.717) is 19.7 Å². The summed E-state index contributed by atoms with van der Waals surface area (Å²) in [6, 6.07) is 7.48. The largest absolute Gasteiger partial charge is 0.491 e. The molecule has 2 aromatic heterocycles. The molecule has 0 aliphatic carbocycles. The average molecular weight is 489 g/mol. The van der Waals surface area contributed by atoms with Gasteiger partial charge in [-0.25, -0.2) is 18.4 Å². The van der Waals surface area contributed by atoms with Crippen LogP contribution >= 0.6 is 11.6 Å². The van der Waals surface area contributed by atoms with Crippen LogP contribution in [0.15, 0.2) is 36.7 Å². The maximum Gasteiger partial charge on any atom is 0.229 e. The highest BCUT2D eigenvalue weighted by atomic mass is 35.5. The SMILES string of the molecule is CC(C)c1cnc(N)nc1N1CCOc2ccc(-c3cnc(Cl)c(NS(C)(=O)=O)c3)cc2C1. The smallest absolute Gasteiger partial charge is 0.229 e. The van der Waals surface area contributed by atoms with E-state index in [9.17, 15) is 8.42 Å². The van der Waals surface area contributed by atoms with Crippen molar-refractivity contribution in [2.45, 2.75) is 26.3 Å². The summed E-state index contributed by atoms with van der Waals surface area (Å²) in [6.45, 7) is 5.89. The number of nitrogens with zero attached hydrogens (tertiary/aromatic N) is 4. The summed E-state index contributed by atoms with van der Waals surface area (Å²) in [5, 5.41) is 0.0796. The van der Waals surface area contributed by atoms with Crippen LogP contribution in [0.5, 0.6) is 5.75 Å². The van der Waals surface area contributed by atoms with Gasteiger partial charge < -0.3 is 15.4 Å². The lowest BCUT2D eigenvalue weighted by atomic mass is 10.0. The molecular weight excluding hydrogens is 464 g/mol. The zero-order valence-electron chi connectivity index (χ0n) is 18.5. The number of rotatable bonds is 5. The molecule has 174 valence electrons. The number of halogens is 1. The second kappa shape index (κ2) is 9.03. The molecule has 9 nitrogen and oxygen atoms in total. The molecule has 3 N–H and O–H groups in total. The first-order chi connectivity index (χ1) is 15.6. The Hall–Kier alpha value is -3.11. The van der Waals surface area contributed by atoms with Crippen molar-refractivity contribution >= 4 is 39.1 Å². The molecule has 0 saturated heterocycles. The highest BCUT2D eigenvalue weighted by Gasteiger charge is 2.22. The molecule has 1 aliphatic rings. The number of nitrogens with two attached hydrogens (primary N) is 1. The first-order valence-electron chi connectivity index (χ1n) is 10.4. The van der Waals surface area contributed by atoms with Crippen molar-refractivity contribution < 1.29 is 13.2 Å². The Morgan fingerprint density at radius 2 is 1.97 bits per heavy atom. The molecule has 3 aromatic rings. The average Bonchev–Trinajstić information content (AvgIpc) is 2.96. The molecule has 1 aliphatic heterocycles. The fraction of sp³-hybridized carbons (Fsp3) is 0.318. The van der Waals surface area contributed by atoms with Gasteiger partial charge in [-0.05, 0) is 29.7 Å². The van der Waals surface area contributed by atoms with E-state index in [4.69, 9.17) is 22.1 Å². The summed E-state index contributed by atoms with van der Waals surface area (Å²) in [5.74, 6) is 2.04. The molecule has 0 unspecified atom stereocenters. The van der Waals surface area contributed by atoms with Gasteiger partial charge in [-0.1, -0.05) is 31.5 Å². The molecule has 11 heteroatoms. The molecule has 0 atom stereocenters. The van der Waals surface area contributed by atoms with Gasteiger partial charge in [0.05, 0.1) is 18.5 Å². The lowest BCUT2D eigenvalue weighted by Crippen LogP contribution is -2.28. The summed E-state index contributed by atoms with van der Waals surface area (Å²) in [4.78, 5) is 15.0.